The summed E-state index contributed by atoms with van der Waals surface area (Å²) in [4.78, 5) is 22.2. The number of non-ortho nitro benzene ring substituents is 1. The monoisotopic (exact) mass is 344 g/mol. The molecule has 0 saturated heterocycles. The van der Waals surface area contributed by atoms with Gasteiger partial charge in [-0.15, -0.1) is 5.10 Å². The Hall–Kier alpha value is -3.26. The molecule has 9 heteroatoms. The first kappa shape index (κ1) is 15.6. The Bertz CT molecular complexity index is 908. The number of nitrogens with one attached hydrogen (secondary N) is 1. The van der Waals surface area contributed by atoms with Gasteiger partial charge in [0, 0.05) is 17.7 Å². The number of nitro benzene ring substituents is 1. The molecule has 2 aromatic carbocycles. The molecular formula is C15H9ClN4O4. The van der Waals surface area contributed by atoms with Crippen LogP contribution in [0.1, 0.15) is 10.4 Å². The highest BCUT2D eigenvalue weighted by molar-refractivity contribution is 6.34. The number of amides is 1. The zero-order valence-corrected chi connectivity index (χ0v) is 12.7. The summed E-state index contributed by atoms with van der Waals surface area (Å²) in [6.45, 7) is 0. The van der Waals surface area contributed by atoms with Crippen molar-refractivity contribution in [1.82, 2.24) is 10.2 Å². The normalized spacial score (nSPS) is 10.4. The van der Waals surface area contributed by atoms with Crippen LogP contribution in [0, 0.1) is 10.1 Å². The lowest BCUT2D eigenvalue weighted by molar-refractivity contribution is -0.384. The SMILES string of the molecule is O=C(Nc1nnc(-c2ccc([N+](=O)[O-])cc2)o1)c1ccccc1Cl. The Morgan fingerprint density at radius 1 is 1.12 bits per heavy atom. The van der Waals surface area contributed by atoms with Crippen molar-refractivity contribution in [1.29, 1.82) is 0 Å². The minimum atomic E-state index is -0.507. The molecule has 0 aliphatic carbocycles. The molecule has 0 aliphatic heterocycles. The molecule has 1 aromatic heterocycles. The maximum absolute atomic E-state index is 12.1. The highest BCUT2D eigenvalue weighted by Crippen LogP contribution is 2.23. The lowest BCUT2D eigenvalue weighted by Crippen LogP contribution is -2.12. The molecule has 1 amide bonds. The second-order valence-corrected chi connectivity index (χ2v) is 5.06. The van der Waals surface area contributed by atoms with E-state index in [-0.39, 0.29) is 23.2 Å². The van der Waals surface area contributed by atoms with Crippen molar-refractivity contribution >= 4 is 29.2 Å². The van der Waals surface area contributed by atoms with Crippen molar-refractivity contribution in [2.75, 3.05) is 5.32 Å². The van der Waals surface area contributed by atoms with Gasteiger partial charge in [-0.25, -0.2) is 0 Å². The van der Waals surface area contributed by atoms with Crippen LogP contribution in [0.5, 0.6) is 0 Å². The molecule has 24 heavy (non-hydrogen) atoms. The third-order valence-corrected chi connectivity index (χ3v) is 3.42. The van der Waals surface area contributed by atoms with E-state index in [1.54, 1.807) is 24.3 Å². The van der Waals surface area contributed by atoms with E-state index in [1.807, 2.05) is 0 Å². The standard InChI is InChI=1S/C15H9ClN4O4/c16-12-4-2-1-3-11(12)13(21)17-15-19-18-14(24-15)9-5-7-10(8-6-9)20(22)23/h1-8H,(H,17,19,21). The highest BCUT2D eigenvalue weighted by atomic mass is 35.5. The van der Waals surface area contributed by atoms with Gasteiger partial charge in [0.2, 0.25) is 5.89 Å². The fourth-order valence-electron chi connectivity index (χ4n) is 1.93. The summed E-state index contributed by atoms with van der Waals surface area (Å²) in [6.07, 6.45) is 0. The van der Waals surface area contributed by atoms with Crippen molar-refractivity contribution in [2.24, 2.45) is 0 Å². The van der Waals surface area contributed by atoms with E-state index in [9.17, 15) is 14.9 Å². The molecule has 0 fully saturated rings. The van der Waals surface area contributed by atoms with Gasteiger partial charge >= 0.3 is 6.01 Å². The van der Waals surface area contributed by atoms with E-state index in [0.717, 1.165) is 0 Å². The third kappa shape index (κ3) is 3.23. The summed E-state index contributed by atoms with van der Waals surface area (Å²) >= 11 is 5.94. The predicted octanol–water partition coefficient (Wildman–Crippen LogP) is 3.55. The van der Waals surface area contributed by atoms with Gasteiger partial charge in [0.15, 0.2) is 0 Å². The van der Waals surface area contributed by atoms with Crippen LogP contribution < -0.4 is 5.32 Å². The van der Waals surface area contributed by atoms with Crippen LogP contribution in [0.25, 0.3) is 11.5 Å². The Morgan fingerprint density at radius 2 is 1.83 bits per heavy atom. The average molecular weight is 345 g/mol. The molecule has 1 N–H and O–H groups in total. The Labute approximate surface area is 140 Å². The van der Waals surface area contributed by atoms with Gasteiger partial charge in [-0.1, -0.05) is 28.8 Å². The molecule has 0 spiro atoms. The summed E-state index contributed by atoms with van der Waals surface area (Å²) in [5.74, 6) is -0.362. The Balaban J connectivity index is 1.77. The number of aromatic nitrogens is 2. The Kier molecular flexibility index (Phi) is 4.21. The molecule has 3 aromatic rings. The van der Waals surface area contributed by atoms with E-state index in [0.29, 0.717) is 10.6 Å². The van der Waals surface area contributed by atoms with Gasteiger partial charge in [-0.2, -0.15) is 0 Å². The molecule has 3 rings (SSSR count). The van der Waals surface area contributed by atoms with E-state index >= 15 is 0 Å². The van der Waals surface area contributed by atoms with Crippen LogP contribution in [0.4, 0.5) is 11.7 Å². The number of halogens is 1. The molecular weight excluding hydrogens is 336 g/mol. The van der Waals surface area contributed by atoms with Gasteiger partial charge in [-0.05, 0) is 24.3 Å². The van der Waals surface area contributed by atoms with Crippen molar-refractivity contribution in [3.05, 3.63) is 69.2 Å². The van der Waals surface area contributed by atoms with Crippen LogP contribution in [0.3, 0.4) is 0 Å². The van der Waals surface area contributed by atoms with Gasteiger partial charge in [0.05, 0.1) is 15.5 Å². The number of benzene rings is 2. The first-order chi connectivity index (χ1) is 11.5. The van der Waals surface area contributed by atoms with E-state index in [4.69, 9.17) is 16.0 Å². The summed E-state index contributed by atoms with van der Waals surface area (Å²) in [5.41, 5.74) is 0.714. The zero-order chi connectivity index (χ0) is 17.1. The third-order valence-electron chi connectivity index (χ3n) is 3.09. The average Bonchev–Trinajstić information content (AvgIpc) is 3.03. The van der Waals surface area contributed by atoms with Crippen molar-refractivity contribution < 1.29 is 14.1 Å². The smallest absolute Gasteiger partial charge is 0.322 e. The maximum atomic E-state index is 12.1. The highest BCUT2D eigenvalue weighted by Gasteiger charge is 2.15. The minimum Gasteiger partial charge on any atom is -0.403 e. The molecule has 0 atom stereocenters. The molecule has 8 nitrogen and oxygen atoms in total. The largest absolute Gasteiger partial charge is 0.403 e. The van der Waals surface area contributed by atoms with Crippen LogP contribution in [-0.2, 0) is 0 Å². The fourth-order valence-corrected chi connectivity index (χ4v) is 2.15. The van der Waals surface area contributed by atoms with Crippen molar-refractivity contribution in [3.63, 3.8) is 0 Å². The predicted molar refractivity (Wildman–Crippen MR) is 85.8 cm³/mol. The van der Waals surface area contributed by atoms with E-state index in [1.165, 1.54) is 24.3 Å². The zero-order valence-electron chi connectivity index (χ0n) is 12.0. The molecule has 1 heterocycles. The second-order valence-electron chi connectivity index (χ2n) is 4.65. The number of carbonyl (C=O) groups excluding carboxylic acids is 1. The van der Waals surface area contributed by atoms with Gasteiger partial charge in [0.1, 0.15) is 0 Å². The quantitative estimate of drug-likeness (QED) is 0.572. The topological polar surface area (TPSA) is 111 Å². The maximum Gasteiger partial charge on any atom is 0.322 e. The number of nitro groups is 1. The first-order valence-electron chi connectivity index (χ1n) is 6.69. The number of carbonyl (C=O) groups is 1. The second kappa shape index (κ2) is 6.47. The van der Waals surface area contributed by atoms with Gasteiger partial charge < -0.3 is 4.42 Å². The summed E-state index contributed by atoms with van der Waals surface area (Å²) < 4.78 is 5.33. The van der Waals surface area contributed by atoms with Crippen LogP contribution in [-0.4, -0.2) is 21.0 Å². The van der Waals surface area contributed by atoms with E-state index < -0.39 is 10.8 Å². The molecule has 0 aliphatic rings. The summed E-state index contributed by atoms with van der Waals surface area (Å²) in [6, 6.07) is 12.0. The lowest BCUT2D eigenvalue weighted by atomic mass is 10.2. The number of anilines is 1. The van der Waals surface area contributed by atoms with Crippen LogP contribution >= 0.6 is 11.6 Å². The molecule has 120 valence electrons. The van der Waals surface area contributed by atoms with E-state index in [2.05, 4.69) is 15.5 Å². The number of rotatable bonds is 4. The van der Waals surface area contributed by atoms with Crippen LogP contribution in [0.15, 0.2) is 52.9 Å². The number of nitrogens with zero attached hydrogens (tertiary/aromatic N) is 3. The number of hydrogen-bond donors (Lipinski definition) is 1. The lowest BCUT2D eigenvalue weighted by Gasteiger charge is -2.02. The van der Waals surface area contributed by atoms with Crippen molar-refractivity contribution in [2.45, 2.75) is 0 Å². The molecule has 0 bridgehead atoms. The first-order valence-corrected chi connectivity index (χ1v) is 7.06. The van der Waals surface area contributed by atoms with Gasteiger partial charge in [0.25, 0.3) is 11.6 Å². The van der Waals surface area contributed by atoms with Gasteiger partial charge in [-0.3, -0.25) is 20.2 Å². The summed E-state index contributed by atoms with van der Waals surface area (Å²) in [7, 11) is 0. The van der Waals surface area contributed by atoms with Crippen molar-refractivity contribution in [3.8, 4) is 11.5 Å². The fraction of sp³-hybridized carbons (Fsp3) is 0. The molecule has 0 radical (unpaired) electrons. The summed E-state index contributed by atoms with van der Waals surface area (Å²) in [5, 5.41) is 20.9. The van der Waals surface area contributed by atoms with Crippen LogP contribution in [0.2, 0.25) is 5.02 Å². The molecule has 0 saturated carbocycles. The minimum absolute atomic E-state index is 0.0505. The molecule has 0 unspecified atom stereocenters. The number of hydrogen-bond acceptors (Lipinski definition) is 6. The Morgan fingerprint density at radius 3 is 2.50 bits per heavy atom.